The third-order valence-corrected chi connectivity index (χ3v) is 8.61. The fourth-order valence-electron chi connectivity index (χ4n) is 5.10. The summed E-state index contributed by atoms with van der Waals surface area (Å²) in [6, 6.07) is 28.5. The van der Waals surface area contributed by atoms with Gasteiger partial charge in [0.25, 0.3) is 5.91 Å². The number of nitrogens with zero attached hydrogens (tertiary/aromatic N) is 1. The summed E-state index contributed by atoms with van der Waals surface area (Å²) in [5.41, 5.74) is 9.13. The molecular weight excluding hydrogens is 677 g/mol. The maximum Gasteiger partial charge on any atom is 0.266 e. The van der Waals surface area contributed by atoms with E-state index in [1.165, 1.54) is 5.56 Å². The summed E-state index contributed by atoms with van der Waals surface area (Å²) in [6.07, 6.45) is 0.639. The number of carbonyl (C=O) groups excluding carboxylic acids is 1. The summed E-state index contributed by atoms with van der Waals surface area (Å²) >= 11 is 16.5. The molecule has 5 rings (SSSR count). The van der Waals surface area contributed by atoms with Crippen molar-refractivity contribution in [3.8, 4) is 5.75 Å². The van der Waals surface area contributed by atoms with E-state index in [1.54, 1.807) is 18.2 Å². The van der Waals surface area contributed by atoms with E-state index in [0.717, 1.165) is 22.0 Å². The molecule has 10 heteroatoms. The topological polar surface area (TPSA) is 92.2 Å². The molecule has 4 aromatic rings. The van der Waals surface area contributed by atoms with Crippen molar-refractivity contribution in [3.63, 3.8) is 0 Å². The number of aliphatic hydroxyl groups excluding tert-OH is 1. The summed E-state index contributed by atoms with van der Waals surface area (Å²) in [6.45, 7) is 3.03. The second-order valence-corrected chi connectivity index (χ2v) is 12.6. The van der Waals surface area contributed by atoms with E-state index in [-0.39, 0.29) is 18.9 Å². The van der Waals surface area contributed by atoms with Crippen LogP contribution in [0.25, 0.3) is 0 Å². The molecule has 0 fully saturated rings. The number of aliphatic imine (C=N–C) groups is 1. The molecule has 0 saturated carbocycles. The summed E-state index contributed by atoms with van der Waals surface area (Å²) in [4.78, 5) is 19.4. The second-order valence-electron chi connectivity index (χ2n) is 10.9. The number of rotatable bonds is 13. The number of carbonyl (C=O) groups is 1. The second kappa shape index (κ2) is 15.3. The minimum atomic E-state index is -1.42. The SMILES string of the molecule is Cc1ccc(CCNNC(=O)[C@@]2(Cc3ccc(Br)cc3)N=C(c3ccc(OCCCO)cc3)O[C@H]2c2ccc(Cl)cc2Cl)cc1. The molecule has 0 saturated heterocycles. The van der Waals surface area contributed by atoms with Gasteiger partial charge < -0.3 is 14.6 Å². The molecule has 2 atom stereocenters. The van der Waals surface area contributed by atoms with Gasteiger partial charge in [0.1, 0.15) is 5.75 Å². The molecule has 1 aliphatic rings. The van der Waals surface area contributed by atoms with Gasteiger partial charge >= 0.3 is 0 Å². The third kappa shape index (κ3) is 8.26. The average Bonchev–Trinajstić information content (AvgIpc) is 3.41. The van der Waals surface area contributed by atoms with Crippen molar-refractivity contribution in [2.75, 3.05) is 19.8 Å². The monoisotopic (exact) mass is 709 g/mol. The predicted molar refractivity (Wildman–Crippen MR) is 182 cm³/mol. The van der Waals surface area contributed by atoms with Crippen LogP contribution in [0.1, 0.15) is 40.3 Å². The van der Waals surface area contributed by atoms with Gasteiger partial charge in [-0.2, -0.15) is 0 Å². The lowest BCUT2D eigenvalue weighted by Crippen LogP contribution is -2.54. The molecule has 0 bridgehead atoms. The van der Waals surface area contributed by atoms with Crippen molar-refractivity contribution in [2.24, 2.45) is 4.99 Å². The highest BCUT2D eigenvalue weighted by Gasteiger charge is 2.54. The van der Waals surface area contributed by atoms with E-state index in [2.05, 4.69) is 58.0 Å². The molecule has 234 valence electrons. The molecule has 1 amide bonds. The van der Waals surface area contributed by atoms with E-state index >= 15 is 0 Å². The zero-order valence-corrected chi connectivity index (χ0v) is 27.8. The van der Waals surface area contributed by atoms with Crippen LogP contribution in [-0.2, 0) is 22.4 Å². The van der Waals surface area contributed by atoms with Crippen LogP contribution in [0.2, 0.25) is 10.0 Å². The molecule has 0 radical (unpaired) electrons. The van der Waals surface area contributed by atoms with Gasteiger partial charge in [0.2, 0.25) is 5.90 Å². The maximum absolute atomic E-state index is 14.4. The minimum absolute atomic E-state index is 0.0562. The van der Waals surface area contributed by atoms with Crippen molar-refractivity contribution in [3.05, 3.63) is 133 Å². The first-order valence-corrected chi connectivity index (χ1v) is 16.2. The van der Waals surface area contributed by atoms with Gasteiger partial charge in [-0.15, -0.1) is 0 Å². The average molecular weight is 711 g/mol. The Kier molecular flexibility index (Phi) is 11.2. The molecular formula is C35H34BrCl2N3O4. The fraction of sp³-hybridized carbons (Fsp3) is 0.257. The van der Waals surface area contributed by atoms with Crippen molar-refractivity contribution in [2.45, 2.75) is 37.8 Å². The van der Waals surface area contributed by atoms with Gasteiger partial charge in [0, 0.05) is 51.6 Å². The number of ether oxygens (including phenoxy) is 2. The lowest BCUT2D eigenvalue weighted by atomic mass is 9.82. The highest BCUT2D eigenvalue weighted by Crippen LogP contribution is 2.45. The lowest BCUT2D eigenvalue weighted by Gasteiger charge is -2.31. The van der Waals surface area contributed by atoms with Crippen LogP contribution in [0, 0.1) is 6.92 Å². The Morgan fingerprint density at radius 1 is 1.00 bits per heavy atom. The molecule has 0 unspecified atom stereocenters. The number of hydrogen-bond acceptors (Lipinski definition) is 6. The first kappa shape index (κ1) is 33.0. The lowest BCUT2D eigenvalue weighted by molar-refractivity contribution is -0.130. The highest BCUT2D eigenvalue weighted by molar-refractivity contribution is 9.10. The number of aliphatic hydroxyl groups is 1. The highest BCUT2D eigenvalue weighted by atomic mass is 79.9. The molecule has 0 spiro atoms. The summed E-state index contributed by atoms with van der Waals surface area (Å²) in [5.74, 6) is 0.601. The van der Waals surface area contributed by atoms with Crippen LogP contribution in [0.4, 0.5) is 0 Å². The van der Waals surface area contributed by atoms with E-state index in [0.29, 0.717) is 52.4 Å². The largest absolute Gasteiger partial charge is 0.494 e. The molecule has 7 nitrogen and oxygen atoms in total. The Hall–Kier alpha value is -3.40. The number of benzene rings is 4. The number of nitrogens with one attached hydrogen (secondary N) is 2. The fourth-order valence-corrected chi connectivity index (χ4v) is 5.87. The first-order chi connectivity index (χ1) is 21.8. The Labute approximate surface area is 281 Å². The zero-order chi connectivity index (χ0) is 31.8. The van der Waals surface area contributed by atoms with Gasteiger partial charge in [0.05, 0.1) is 6.61 Å². The standard InChI is InChI=1S/C35H34BrCl2N3O4/c1-23-3-5-24(6-4-23)17-18-39-41-34(43)35(22-25-7-11-27(36)12-8-25)32(30-16-13-28(37)21-31(30)38)45-33(40-35)26-9-14-29(15-10-26)44-20-2-19-42/h3-16,21,32,39,42H,2,17-20,22H2,1H3,(H,41,43)/t32-,35-/m0/s1. The van der Waals surface area contributed by atoms with Crippen LogP contribution in [0.15, 0.2) is 100 Å². The van der Waals surface area contributed by atoms with Crippen molar-refractivity contribution >= 4 is 50.9 Å². The zero-order valence-electron chi connectivity index (χ0n) is 24.7. The van der Waals surface area contributed by atoms with Crippen LogP contribution in [-0.4, -0.2) is 42.2 Å². The van der Waals surface area contributed by atoms with E-state index < -0.39 is 11.6 Å². The number of aryl methyl sites for hydroxylation is 1. The summed E-state index contributed by atoms with van der Waals surface area (Å²) in [5, 5.41) is 9.90. The van der Waals surface area contributed by atoms with Gasteiger partial charge in [-0.3, -0.25) is 10.2 Å². The van der Waals surface area contributed by atoms with Crippen LogP contribution >= 0.6 is 39.1 Å². The Bertz CT molecular complexity index is 1630. The Balaban J connectivity index is 1.49. The Morgan fingerprint density at radius 2 is 1.71 bits per heavy atom. The first-order valence-electron chi connectivity index (χ1n) is 14.7. The summed E-state index contributed by atoms with van der Waals surface area (Å²) in [7, 11) is 0. The number of halogens is 3. The minimum Gasteiger partial charge on any atom is -0.494 e. The molecule has 0 aromatic heterocycles. The van der Waals surface area contributed by atoms with Crippen molar-refractivity contribution in [1.82, 2.24) is 10.9 Å². The maximum atomic E-state index is 14.4. The van der Waals surface area contributed by atoms with Crippen molar-refractivity contribution in [1.29, 1.82) is 0 Å². The quantitative estimate of drug-likeness (QED) is 0.101. The molecule has 1 aliphatic heterocycles. The van der Waals surface area contributed by atoms with Crippen LogP contribution in [0.5, 0.6) is 5.75 Å². The Morgan fingerprint density at radius 3 is 2.40 bits per heavy atom. The molecule has 3 N–H and O–H groups in total. The molecule has 0 aliphatic carbocycles. The predicted octanol–water partition coefficient (Wildman–Crippen LogP) is 7.19. The van der Waals surface area contributed by atoms with E-state index in [1.807, 2.05) is 48.5 Å². The molecule has 1 heterocycles. The van der Waals surface area contributed by atoms with Crippen molar-refractivity contribution < 1.29 is 19.4 Å². The van der Waals surface area contributed by atoms with Crippen LogP contribution < -0.4 is 15.6 Å². The summed E-state index contributed by atoms with van der Waals surface area (Å²) < 4.78 is 13.2. The normalized spacial score (nSPS) is 17.4. The van der Waals surface area contributed by atoms with E-state index in [9.17, 15) is 4.79 Å². The smallest absolute Gasteiger partial charge is 0.266 e. The van der Waals surface area contributed by atoms with Gasteiger partial charge in [0.15, 0.2) is 11.6 Å². The van der Waals surface area contributed by atoms with E-state index in [4.69, 9.17) is 42.8 Å². The number of hydrazine groups is 1. The number of hydrogen-bond donors (Lipinski definition) is 3. The van der Waals surface area contributed by atoms with Crippen LogP contribution in [0.3, 0.4) is 0 Å². The third-order valence-electron chi connectivity index (χ3n) is 7.52. The van der Waals surface area contributed by atoms with Gasteiger partial charge in [-0.25, -0.2) is 10.4 Å². The molecule has 4 aromatic carbocycles. The molecule has 45 heavy (non-hydrogen) atoms. The van der Waals surface area contributed by atoms with Gasteiger partial charge in [-0.05, 0) is 73.0 Å². The van der Waals surface area contributed by atoms with Gasteiger partial charge in [-0.1, -0.05) is 87.2 Å². The number of amides is 1.